The highest BCUT2D eigenvalue weighted by atomic mass is 16.1. The van der Waals surface area contributed by atoms with Gasteiger partial charge in [0.1, 0.15) is 12.2 Å². The second-order valence-corrected chi connectivity index (χ2v) is 7.32. The van der Waals surface area contributed by atoms with Crippen LogP contribution in [0.15, 0.2) is 73.1 Å². The van der Waals surface area contributed by atoms with E-state index in [2.05, 4.69) is 34.5 Å². The SMILES string of the molecule is CC(C)c1nncn1CCNC(=O)c1cc(-c2ccccc2)n(-c2ccccc2)n1. The number of hydrogen-bond donors (Lipinski definition) is 1. The summed E-state index contributed by atoms with van der Waals surface area (Å²) in [7, 11) is 0. The van der Waals surface area contributed by atoms with Gasteiger partial charge in [-0.1, -0.05) is 62.4 Å². The predicted molar refractivity (Wildman–Crippen MR) is 115 cm³/mol. The molecule has 1 N–H and O–H groups in total. The third kappa shape index (κ3) is 4.15. The van der Waals surface area contributed by atoms with Crippen LogP contribution in [-0.2, 0) is 6.54 Å². The maximum Gasteiger partial charge on any atom is 0.271 e. The minimum Gasteiger partial charge on any atom is -0.349 e. The van der Waals surface area contributed by atoms with Gasteiger partial charge in [-0.25, -0.2) is 4.68 Å². The van der Waals surface area contributed by atoms with E-state index in [0.29, 0.717) is 18.8 Å². The zero-order chi connectivity index (χ0) is 20.9. The van der Waals surface area contributed by atoms with Crippen molar-refractivity contribution >= 4 is 5.91 Å². The fourth-order valence-electron chi connectivity index (χ4n) is 3.34. The number of rotatable bonds is 7. The van der Waals surface area contributed by atoms with Crippen LogP contribution in [0.2, 0.25) is 0 Å². The quantitative estimate of drug-likeness (QED) is 0.513. The molecule has 0 aliphatic carbocycles. The Hall–Kier alpha value is -3.74. The van der Waals surface area contributed by atoms with Crippen molar-refractivity contribution in [2.24, 2.45) is 0 Å². The third-order valence-corrected chi connectivity index (χ3v) is 4.81. The van der Waals surface area contributed by atoms with Crippen LogP contribution in [0.25, 0.3) is 16.9 Å². The molecule has 0 aliphatic rings. The molecule has 2 aromatic carbocycles. The number of hydrogen-bond acceptors (Lipinski definition) is 4. The molecule has 7 nitrogen and oxygen atoms in total. The summed E-state index contributed by atoms with van der Waals surface area (Å²) >= 11 is 0. The summed E-state index contributed by atoms with van der Waals surface area (Å²) in [6.07, 6.45) is 1.69. The minimum absolute atomic E-state index is 0.207. The van der Waals surface area contributed by atoms with Crippen molar-refractivity contribution in [3.8, 4) is 16.9 Å². The summed E-state index contributed by atoms with van der Waals surface area (Å²) < 4.78 is 3.77. The lowest BCUT2D eigenvalue weighted by molar-refractivity contribution is 0.0946. The van der Waals surface area contributed by atoms with Crippen molar-refractivity contribution in [1.29, 1.82) is 0 Å². The molecular weight excluding hydrogens is 376 g/mol. The number of carbonyl (C=O) groups excluding carboxylic acids is 1. The first-order chi connectivity index (χ1) is 14.6. The second-order valence-electron chi connectivity index (χ2n) is 7.32. The van der Waals surface area contributed by atoms with Crippen molar-refractivity contribution in [1.82, 2.24) is 29.9 Å². The van der Waals surface area contributed by atoms with Crippen LogP contribution in [0.3, 0.4) is 0 Å². The Morgan fingerprint density at radius 3 is 2.43 bits per heavy atom. The van der Waals surface area contributed by atoms with E-state index >= 15 is 0 Å². The Labute approximate surface area is 175 Å². The molecule has 0 spiro atoms. The van der Waals surface area contributed by atoms with Gasteiger partial charge in [-0.05, 0) is 18.2 Å². The molecule has 2 aromatic heterocycles. The van der Waals surface area contributed by atoms with E-state index in [9.17, 15) is 4.79 Å². The van der Waals surface area contributed by atoms with Crippen LogP contribution < -0.4 is 5.32 Å². The molecule has 4 rings (SSSR count). The molecule has 0 saturated heterocycles. The average molecular weight is 400 g/mol. The van der Waals surface area contributed by atoms with Gasteiger partial charge in [0.05, 0.1) is 11.4 Å². The lowest BCUT2D eigenvalue weighted by Crippen LogP contribution is -2.28. The molecule has 0 saturated carbocycles. The lowest BCUT2D eigenvalue weighted by atomic mass is 10.1. The van der Waals surface area contributed by atoms with Crippen LogP contribution in [0, 0.1) is 0 Å². The summed E-state index contributed by atoms with van der Waals surface area (Å²) in [5.41, 5.74) is 3.15. The largest absolute Gasteiger partial charge is 0.349 e. The van der Waals surface area contributed by atoms with Crippen LogP contribution in [-0.4, -0.2) is 37.0 Å². The van der Waals surface area contributed by atoms with Gasteiger partial charge in [-0.2, -0.15) is 5.10 Å². The fourth-order valence-corrected chi connectivity index (χ4v) is 3.34. The van der Waals surface area contributed by atoms with Crippen molar-refractivity contribution < 1.29 is 4.79 Å². The zero-order valence-electron chi connectivity index (χ0n) is 17.1. The van der Waals surface area contributed by atoms with Crippen molar-refractivity contribution in [3.63, 3.8) is 0 Å². The molecule has 30 heavy (non-hydrogen) atoms. The molecular formula is C23H24N6O. The van der Waals surface area contributed by atoms with Gasteiger partial charge in [0.2, 0.25) is 0 Å². The molecule has 7 heteroatoms. The van der Waals surface area contributed by atoms with Gasteiger partial charge in [-0.3, -0.25) is 4.79 Å². The van der Waals surface area contributed by atoms with E-state index in [-0.39, 0.29) is 11.8 Å². The van der Waals surface area contributed by atoms with Gasteiger partial charge in [0.15, 0.2) is 5.69 Å². The zero-order valence-corrected chi connectivity index (χ0v) is 17.1. The standard InChI is InChI=1S/C23H24N6O/c1-17(2)22-26-25-16-28(22)14-13-24-23(30)20-15-21(18-9-5-3-6-10-18)29(27-20)19-11-7-4-8-12-19/h3-12,15-17H,13-14H2,1-2H3,(H,24,30). The Morgan fingerprint density at radius 1 is 1.03 bits per heavy atom. The summed E-state index contributed by atoms with van der Waals surface area (Å²) in [6, 6.07) is 21.6. The van der Waals surface area contributed by atoms with Crippen LogP contribution >= 0.6 is 0 Å². The van der Waals surface area contributed by atoms with E-state index in [4.69, 9.17) is 0 Å². The first-order valence-corrected chi connectivity index (χ1v) is 10.0. The summed E-state index contributed by atoms with van der Waals surface area (Å²) in [5.74, 6) is 0.975. The summed E-state index contributed by atoms with van der Waals surface area (Å²) in [4.78, 5) is 12.8. The Kier molecular flexibility index (Phi) is 5.70. The third-order valence-electron chi connectivity index (χ3n) is 4.81. The monoisotopic (exact) mass is 400 g/mol. The minimum atomic E-state index is -0.207. The molecule has 4 aromatic rings. The highest BCUT2D eigenvalue weighted by Gasteiger charge is 2.17. The molecule has 152 valence electrons. The normalized spacial score (nSPS) is 11.0. The van der Waals surface area contributed by atoms with Gasteiger partial charge in [0.25, 0.3) is 5.91 Å². The second kappa shape index (κ2) is 8.73. The summed E-state index contributed by atoms with van der Waals surface area (Å²) in [6.45, 7) is 5.22. The maximum absolute atomic E-state index is 12.8. The lowest BCUT2D eigenvalue weighted by Gasteiger charge is -2.09. The molecule has 1 amide bonds. The van der Waals surface area contributed by atoms with Crippen molar-refractivity contribution in [2.45, 2.75) is 26.3 Å². The van der Waals surface area contributed by atoms with Gasteiger partial charge in [0, 0.05) is 24.6 Å². The molecule has 0 radical (unpaired) electrons. The molecule has 2 heterocycles. The number of para-hydroxylation sites is 1. The number of aromatic nitrogens is 5. The molecule has 0 aliphatic heterocycles. The Balaban J connectivity index is 1.54. The number of amides is 1. The van der Waals surface area contributed by atoms with E-state index in [0.717, 1.165) is 22.8 Å². The molecule has 0 unspecified atom stereocenters. The predicted octanol–water partition coefficient (Wildman–Crippen LogP) is 3.68. The van der Waals surface area contributed by atoms with E-state index in [1.807, 2.05) is 71.3 Å². The van der Waals surface area contributed by atoms with Crippen LogP contribution in [0.4, 0.5) is 0 Å². The van der Waals surface area contributed by atoms with Crippen molar-refractivity contribution in [2.75, 3.05) is 6.54 Å². The van der Waals surface area contributed by atoms with E-state index < -0.39 is 0 Å². The number of benzene rings is 2. The Morgan fingerprint density at radius 2 is 1.73 bits per heavy atom. The molecule has 0 atom stereocenters. The number of nitrogens with one attached hydrogen (secondary N) is 1. The first kappa shape index (κ1) is 19.6. The molecule has 0 fully saturated rings. The highest BCUT2D eigenvalue weighted by molar-refractivity contribution is 5.93. The van der Waals surface area contributed by atoms with E-state index in [1.54, 1.807) is 11.0 Å². The summed E-state index contributed by atoms with van der Waals surface area (Å²) in [5, 5.41) is 15.7. The first-order valence-electron chi connectivity index (χ1n) is 10.0. The molecule has 0 bridgehead atoms. The smallest absolute Gasteiger partial charge is 0.271 e. The van der Waals surface area contributed by atoms with Crippen LogP contribution in [0.5, 0.6) is 0 Å². The number of carbonyl (C=O) groups is 1. The number of nitrogens with zero attached hydrogens (tertiary/aromatic N) is 5. The topological polar surface area (TPSA) is 77.6 Å². The average Bonchev–Trinajstić information content (AvgIpc) is 3.42. The maximum atomic E-state index is 12.8. The van der Waals surface area contributed by atoms with Gasteiger partial charge in [-0.15, -0.1) is 10.2 Å². The van der Waals surface area contributed by atoms with Gasteiger partial charge < -0.3 is 9.88 Å². The van der Waals surface area contributed by atoms with E-state index in [1.165, 1.54) is 0 Å². The van der Waals surface area contributed by atoms with Crippen LogP contribution in [0.1, 0.15) is 36.1 Å². The van der Waals surface area contributed by atoms with Gasteiger partial charge >= 0.3 is 0 Å². The highest BCUT2D eigenvalue weighted by Crippen LogP contribution is 2.24. The van der Waals surface area contributed by atoms with Crippen molar-refractivity contribution in [3.05, 3.63) is 84.6 Å². The Bertz CT molecular complexity index is 1060. The fraction of sp³-hybridized carbons (Fsp3) is 0.217.